The van der Waals surface area contributed by atoms with Gasteiger partial charge >= 0.3 is 0 Å². The molecule has 0 aliphatic heterocycles. The Morgan fingerprint density at radius 1 is 1.26 bits per heavy atom. The van der Waals surface area contributed by atoms with Crippen LogP contribution in [-0.2, 0) is 4.79 Å². The number of hydrogen-bond acceptors (Lipinski definition) is 2. The molecule has 0 heterocycles. The van der Waals surface area contributed by atoms with Crippen molar-refractivity contribution in [3.63, 3.8) is 0 Å². The average molecular weight is 262 g/mol. The SMILES string of the molecule is Cc1ccc(C(C)N(C)C(=O)CCCC(C)N)cc1. The van der Waals surface area contributed by atoms with Gasteiger partial charge in [0, 0.05) is 19.5 Å². The molecule has 3 heteroatoms. The van der Waals surface area contributed by atoms with Crippen LogP contribution in [0.25, 0.3) is 0 Å². The fraction of sp³-hybridized carbons (Fsp3) is 0.562. The Morgan fingerprint density at radius 3 is 2.37 bits per heavy atom. The lowest BCUT2D eigenvalue weighted by Crippen LogP contribution is -2.29. The molecule has 0 aliphatic rings. The molecule has 0 bridgehead atoms. The third-order valence-corrected chi connectivity index (χ3v) is 3.58. The fourth-order valence-corrected chi connectivity index (χ4v) is 2.04. The van der Waals surface area contributed by atoms with E-state index >= 15 is 0 Å². The quantitative estimate of drug-likeness (QED) is 0.856. The number of carbonyl (C=O) groups is 1. The minimum Gasteiger partial charge on any atom is -0.339 e. The number of carbonyl (C=O) groups excluding carboxylic acids is 1. The molecule has 19 heavy (non-hydrogen) atoms. The monoisotopic (exact) mass is 262 g/mol. The van der Waals surface area contributed by atoms with Gasteiger partial charge in [-0.2, -0.15) is 0 Å². The summed E-state index contributed by atoms with van der Waals surface area (Å²) in [4.78, 5) is 13.9. The molecule has 0 fully saturated rings. The molecule has 2 unspecified atom stereocenters. The minimum atomic E-state index is 0.114. The fourth-order valence-electron chi connectivity index (χ4n) is 2.04. The second-order valence-corrected chi connectivity index (χ2v) is 5.46. The molecular weight excluding hydrogens is 236 g/mol. The smallest absolute Gasteiger partial charge is 0.222 e. The highest BCUT2D eigenvalue weighted by atomic mass is 16.2. The zero-order valence-corrected chi connectivity index (χ0v) is 12.5. The molecule has 2 atom stereocenters. The molecule has 1 rings (SSSR count). The van der Waals surface area contributed by atoms with E-state index in [2.05, 4.69) is 38.1 Å². The van der Waals surface area contributed by atoms with Crippen molar-refractivity contribution in [1.82, 2.24) is 4.90 Å². The van der Waals surface area contributed by atoms with Gasteiger partial charge in [-0.25, -0.2) is 0 Å². The van der Waals surface area contributed by atoms with E-state index in [-0.39, 0.29) is 18.0 Å². The molecule has 0 radical (unpaired) electrons. The van der Waals surface area contributed by atoms with Gasteiger partial charge in [-0.1, -0.05) is 29.8 Å². The predicted octanol–water partition coefficient (Wildman–Crippen LogP) is 3.03. The summed E-state index contributed by atoms with van der Waals surface area (Å²) < 4.78 is 0. The molecule has 0 aliphatic carbocycles. The van der Waals surface area contributed by atoms with E-state index in [9.17, 15) is 4.79 Å². The molecule has 0 spiro atoms. The topological polar surface area (TPSA) is 46.3 Å². The Kier molecular flexibility index (Phi) is 6.03. The summed E-state index contributed by atoms with van der Waals surface area (Å²) in [7, 11) is 1.87. The molecule has 0 saturated heterocycles. The Bertz CT molecular complexity index is 398. The number of hydrogen-bond donors (Lipinski definition) is 1. The van der Waals surface area contributed by atoms with Crippen molar-refractivity contribution in [2.45, 2.75) is 52.1 Å². The third kappa shape index (κ3) is 5.03. The number of aryl methyl sites for hydroxylation is 1. The lowest BCUT2D eigenvalue weighted by Gasteiger charge is -2.25. The largest absolute Gasteiger partial charge is 0.339 e. The lowest BCUT2D eigenvalue weighted by atomic mass is 10.0. The first-order chi connectivity index (χ1) is 8.91. The highest BCUT2D eigenvalue weighted by Crippen LogP contribution is 2.20. The number of rotatable bonds is 6. The van der Waals surface area contributed by atoms with Crippen molar-refractivity contribution in [2.75, 3.05) is 7.05 Å². The van der Waals surface area contributed by atoms with E-state index < -0.39 is 0 Å². The summed E-state index contributed by atoms with van der Waals surface area (Å²) in [6.07, 6.45) is 2.34. The normalized spacial score (nSPS) is 13.9. The molecule has 3 nitrogen and oxygen atoms in total. The highest BCUT2D eigenvalue weighted by Gasteiger charge is 2.16. The van der Waals surface area contributed by atoms with Gasteiger partial charge in [0.15, 0.2) is 0 Å². The average Bonchev–Trinajstić information content (AvgIpc) is 2.37. The maximum absolute atomic E-state index is 12.1. The van der Waals surface area contributed by atoms with Crippen LogP contribution in [0.4, 0.5) is 0 Å². The maximum Gasteiger partial charge on any atom is 0.222 e. The van der Waals surface area contributed by atoms with Gasteiger partial charge in [0.1, 0.15) is 0 Å². The standard InChI is InChI=1S/C16H26N2O/c1-12-8-10-15(11-9-12)14(3)18(4)16(19)7-5-6-13(2)17/h8-11,13-14H,5-7,17H2,1-4H3. The third-order valence-electron chi connectivity index (χ3n) is 3.58. The van der Waals surface area contributed by atoms with Crippen molar-refractivity contribution in [3.8, 4) is 0 Å². The summed E-state index contributed by atoms with van der Waals surface area (Å²) in [6, 6.07) is 8.63. The van der Waals surface area contributed by atoms with Crippen molar-refractivity contribution in [1.29, 1.82) is 0 Å². The Labute approximate surface area is 116 Å². The lowest BCUT2D eigenvalue weighted by molar-refractivity contribution is -0.131. The first kappa shape index (κ1) is 15.7. The van der Waals surface area contributed by atoms with Crippen LogP contribution < -0.4 is 5.73 Å². The second kappa shape index (κ2) is 7.29. The van der Waals surface area contributed by atoms with Crippen LogP contribution in [0.15, 0.2) is 24.3 Å². The maximum atomic E-state index is 12.1. The van der Waals surface area contributed by atoms with Crippen molar-refractivity contribution >= 4 is 5.91 Å². The van der Waals surface area contributed by atoms with E-state index in [0.717, 1.165) is 12.8 Å². The summed E-state index contributed by atoms with van der Waals surface area (Å²) in [6.45, 7) is 6.11. The molecule has 0 saturated carbocycles. The van der Waals surface area contributed by atoms with Crippen molar-refractivity contribution in [2.24, 2.45) is 5.73 Å². The summed E-state index contributed by atoms with van der Waals surface area (Å²) >= 11 is 0. The van der Waals surface area contributed by atoms with Crippen LogP contribution in [0.5, 0.6) is 0 Å². The zero-order valence-electron chi connectivity index (χ0n) is 12.5. The molecule has 1 aromatic carbocycles. The van der Waals surface area contributed by atoms with Gasteiger partial charge in [0.25, 0.3) is 0 Å². The van der Waals surface area contributed by atoms with Crippen LogP contribution >= 0.6 is 0 Å². The summed E-state index contributed by atoms with van der Waals surface area (Å²) in [5, 5.41) is 0. The highest BCUT2D eigenvalue weighted by molar-refractivity contribution is 5.76. The van der Waals surface area contributed by atoms with Crippen molar-refractivity contribution < 1.29 is 4.79 Å². The molecule has 1 amide bonds. The molecular formula is C16H26N2O. The number of nitrogens with zero attached hydrogens (tertiary/aromatic N) is 1. The molecule has 0 aromatic heterocycles. The van der Waals surface area contributed by atoms with Gasteiger partial charge in [-0.15, -0.1) is 0 Å². The van der Waals surface area contributed by atoms with Gasteiger partial charge < -0.3 is 10.6 Å². The van der Waals surface area contributed by atoms with E-state index in [4.69, 9.17) is 5.73 Å². The van der Waals surface area contributed by atoms with Crippen LogP contribution in [0.3, 0.4) is 0 Å². The van der Waals surface area contributed by atoms with Gasteiger partial charge in [0.2, 0.25) is 5.91 Å². The minimum absolute atomic E-state index is 0.114. The van der Waals surface area contributed by atoms with E-state index in [1.807, 2.05) is 18.9 Å². The number of nitrogens with two attached hydrogens (primary N) is 1. The molecule has 2 N–H and O–H groups in total. The van der Waals surface area contributed by atoms with Gasteiger partial charge in [-0.3, -0.25) is 4.79 Å². The van der Waals surface area contributed by atoms with E-state index in [1.165, 1.54) is 11.1 Å². The summed E-state index contributed by atoms with van der Waals surface area (Å²) in [5.41, 5.74) is 8.11. The van der Waals surface area contributed by atoms with Gasteiger partial charge in [-0.05, 0) is 39.2 Å². The van der Waals surface area contributed by atoms with Crippen LogP contribution in [0, 0.1) is 6.92 Å². The van der Waals surface area contributed by atoms with Crippen LogP contribution in [-0.4, -0.2) is 23.9 Å². The first-order valence-corrected chi connectivity index (χ1v) is 6.99. The Morgan fingerprint density at radius 2 is 1.84 bits per heavy atom. The Hall–Kier alpha value is -1.35. The van der Waals surface area contributed by atoms with E-state index in [1.54, 1.807) is 0 Å². The van der Waals surface area contributed by atoms with Crippen molar-refractivity contribution in [3.05, 3.63) is 35.4 Å². The molecule has 106 valence electrons. The predicted molar refractivity (Wildman–Crippen MR) is 79.9 cm³/mol. The zero-order chi connectivity index (χ0) is 14.4. The summed E-state index contributed by atoms with van der Waals surface area (Å²) in [5.74, 6) is 0.189. The van der Waals surface area contributed by atoms with Crippen LogP contribution in [0.2, 0.25) is 0 Å². The van der Waals surface area contributed by atoms with E-state index in [0.29, 0.717) is 6.42 Å². The van der Waals surface area contributed by atoms with Gasteiger partial charge in [0.05, 0.1) is 6.04 Å². The molecule has 1 aromatic rings. The second-order valence-electron chi connectivity index (χ2n) is 5.46. The number of amides is 1. The first-order valence-electron chi connectivity index (χ1n) is 6.99. The number of benzene rings is 1. The Balaban J connectivity index is 2.53. The van der Waals surface area contributed by atoms with Crippen LogP contribution in [0.1, 0.15) is 50.3 Å².